The van der Waals surface area contributed by atoms with Gasteiger partial charge in [0.05, 0.1) is 0 Å². The van der Waals surface area contributed by atoms with Gasteiger partial charge in [-0.15, -0.1) is 0 Å². The van der Waals surface area contributed by atoms with Crippen LogP contribution in [0.5, 0.6) is 0 Å². The fourth-order valence-electron chi connectivity index (χ4n) is 5.30. The largest absolute Gasteiger partial charge is 0.480 e. The van der Waals surface area contributed by atoms with Gasteiger partial charge < -0.3 is 15.0 Å². The Morgan fingerprint density at radius 1 is 1.06 bits per heavy atom. The first-order chi connectivity index (χ1) is 15.0. The van der Waals surface area contributed by atoms with Gasteiger partial charge in [-0.2, -0.15) is 0 Å². The zero-order valence-electron chi connectivity index (χ0n) is 17.2. The predicted molar refractivity (Wildman–Crippen MR) is 115 cm³/mol. The molecule has 5 rings (SSSR count). The number of aryl methyl sites for hydroxylation is 1. The normalized spacial score (nSPS) is 20.2. The van der Waals surface area contributed by atoms with Crippen molar-refractivity contribution in [1.82, 2.24) is 9.88 Å². The first-order valence-corrected chi connectivity index (χ1v) is 10.9. The molecule has 5 nitrogen and oxygen atoms in total. The summed E-state index contributed by atoms with van der Waals surface area (Å²) < 4.78 is 15.7. The van der Waals surface area contributed by atoms with Gasteiger partial charge in [-0.05, 0) is 73.4 Å². The molecule has 0 bridgehead atoms. The minimum Gasteiger partial charge on any atom is -0.480 e. The second-order valence-electron chi connectivity index (χ2n) is 8.72. The van der Waals surface area contributed by atoms with Crippen molar-refractivity contribution in [1.29, 1.82) is 0 Å². The molecule has 2 atom stereocenters. The van der Waals surface area contributed by atoms with Crippen LogP contribution in [0, 0.1) is 11.7 Å². The van der Waals surface area contributed by atoms with E-state index in [1.807, 2.05) is 12.1 Å². The van der Waals surface area contributed by atoms with Crippen molar-refractivity contribution < 1.29 is 19.1 Å². The van der Waals surface area contributed by atoms with E-state index in [2.05, 4.69) is 17.4 Å². The lowest BCUT2D eigenvalue weighted by Gasteiger charge is -2.29. The highest BCUT2D eigenvalue weighted by atomic mass is 19.1. The maximum atomic E-state index is 14.0. The van der Waals surface area contributed by atoms with E-state index in [1.54, 1.807) is 10.6 Å². The molecule has 2 aromatic carbocycles. The van der Waals surface area contributed by atoms with Crippen LogP contribution in [0.15, 0.2) is 42.5 Å². The Morgan fingerprint density at radius 2 is 1.87 bits per heavy atom. The summed E-state index contributed by atoms with van der Waals surface area (Å²) in [4.78, 5) is 24.4. The minimum absolute atomic E-state index is 0.0238. The van der Waals surface area contributed by atoms with Crippen LogP contribution in [0.25, 0.3) is 10.9 Å². The van der Waals surface area contributed by atoms with Crippen LogP contribution in [0.3, 0.4) is 0 Å². The topological polar surface area (TPSA) is 71.3 Å². The van der Waals surface area contributed by atoms with E-state index in [-0.39, 0.29) is 30.2 Å². The van der Waals surface area contributed by atoms with Crippen molar-refractivity contribution in [2.45, 2.75) is 51.1 Å². The van der Waals surface area contributed by atoms with Crippen molar-refractivity contribution in [3.05, 3.63) is 70.7 Å². The maximum absolute atomic E-state index is 14.0. The molecule has 2 aliphatic rings. The maximum Gasteiger partial charge on any atom is 0.323 e. The molecule has 0 aliphatic heterocycles. The number of amides is 1. The molecule has 3 aromatic rings. The summed E-state index contributed by atoms with van der Waals surface area (Å²) in [6.45, 7) is -0.143. The molecule has 1 amide bonds. The van der Waals surface area contributed by atoms with E-state index in [4.69, 9.17) is 0 Å². The number of aliphatic carboxylic acids is 1. The summed E-state index contributed by atoms with van der Waals surface area (Å²) in [5.74, 6) is -1.20. The summed E-state index contributed by atoms with van der Waals surface area (Å²) in [6, 6.07) is 12.8. The third kappa shape index (κ3) is 3.71. The number of carbonyl (C=O) groups is 2. The first-order valence-electron chi connectivity index (χ1n) is 10.9. The van der Waals surface area contributed by atoms with Crippen molar-refractivity contribution in [2.75, 3.05) is 0 Å². The highest BCUT2D eigenvalue weighted by Gasteiger charge is 2.30. The van der Waals surface area contributed by atoms with E-state index < -0.39 is 5.97 Å². The van der Waals surface area contributed by atoms with Crippen molar-refractivity contribution in [3.8, 4) is 0 Å². The molecular formula is C25H25FN2O3. The third-order valence-electron chi connectivity index (χ3n) is 6.79. The average Bonchev–Trinajstić information content (AvgIpc) is 3.05. The second-order valence-corrected chi connectivity index (χ2v) is 8.72. The third-order valence-corrected chi connectivity index (χ3v) is 6.79. The fourth-order valence-corrected chi connectivity index (χ4v) is 5.30. The number of benzene rings is 2. The monoisotopic (exact) mass is 420 g/mol. The fraction of sp³-hybridized carbons (Fsp3) is 0.360. The number of hydrogen-bond donors (Lipinski definition) is 2. The number of aromatic nitrogens is 1. The van der Waals surface area contributed by atoms with E-state index in [0.29, 0.717) is 12.8 Å². The SMILES string of the molecule is O=C(O)Cn1c2c(c3cc(F)ccc31)C[C@@H](NC(=O)[C@H]1CCc3ccccc3C1)CC2. The van der Waals surface area contributed by atoms with Gasteiger partial charge in [0.25, 0.3) is 0 Å². The Balaban J connectivity index is 1.36. The quantitative estimate of drug-likeness (QED) is 0.677. The molecule has 0 unspecified atom stereocenters. The van der Waals surface area contributed by atoms with E-state index >= 15 is 0 Å². The van der Waals surface area contributed by atoms with E-state index in [1.165, 1.54) is 23.3 Å². The Morgan fingerprint density at radius 3 is 2.68 bits per heavy atom. The van der Waals surface area contributed by atoms with Crippen LogP contribution in [0.2, 0.25) is 0 Å². The number of nitrogens with one attached hydrogen (secondary N) is 1. The number of carbonyl (C=O) groups excluding carboxylic acids is 1. The number of carboxylic acid groups (broad SMARTS) is 1. The van der Waals surface area contributed by atoms with Gasteiger partial charge in [-0.1, -0.05) is 24.3 Å². The Labute approximate surface area is 179 Å². The van der Waals surface area contributed by atoms with Gasteiger partial charge >= 0.3 is 5.97 Å². The summed E-state index contributed by atoms with van der Waals surface area (Å²) in [5.41, 5.74) is 5.24. The lowest BCUT2D eigenvalue weighted by atomic mass is 9.83. The van der Waals surface area contributed by atoms with Crippen molar-refractivity contribution >= 4 is 22.8 Å². The van der Waals surface area contributed by atoms with Gasteiger partial charge in [-0.25, -0.2) is 4.39 Å². The highest BCUT2D eigenvalue weighted by Crippen LogP contribution is 2.33. The standard InChI is InChI=1S/C25H25FN2O3/c26-18-7-9-22-20(12-18)21-13-19(8-10-23(21)28(22)14-24(29)30)27-25(31)17-6-5-15-3-1-2-4-16(15)11-17/h1-4,7,9,12,17,19H,5-6,8,10-11,13-14H2,(H,27,31)(H,29,30)/t17-,19-/m0/s1. The molecule has 2 N–H and O–H groups in total. The molecule has 1 aromatic heterocycles. The number of carboxylic acids is 1. The van der Waals surface area contributed by atoms with Crippen LogP contribution in [-0.4, -0.2) is 27.6 Å². The van der Waals surface area contributed by atoms with Crippen molar-refractivity contribution in [3.63, 3.8) is 0 Å². The predicted octanol–water partition coefficient (Wildman–Crippen LogP) is 3.64. The van der Waals surface area contributed by atoms with Gasteiger partial charge in [0.2, 0.25) is 5.91 Å². The minimum atomic E-state index is -0.919. The zero-order valence-corrected chi connectivity index (χ0v) is 17.2. The number of nitrogens with zero attached hydrogens (tertiary/aromatic N) is 1. The summed E-state index contributed by atoms with van der Waals surface area (Å²) in [5, 5.41) is 13.3. The Hall–Kier alpha value is -3.15. The number of rotatable bonds is 4. The molecule has 160 valence electrons. The van der Waals surface area contributed by atoms with Gasteiger partial charge in [0.15, 0.2) is 0 Å². The molecular weight excluding hydrogens is 395 g/mol. The summed E-state index contributed by atoms with van der Waals surface area (Å²) in [6.07, 6.45) is 4.55. The van der Waals surface area contributed by atoms with Crippen molar-refractivity contribution in [2.24, 2.45) is 5.92 Å². The molecule has 6 heteroatoms. The summed E-state index contributed by atoms with van der Waals surface area (Å²) >= 11 is 0. The smallest absolute Gasteiger partial charge is 0.323 e. The first kappa shape index (κ1) is 19.8. The molecule has 0 saturated heterocycles. The molecule has 0 spiro atoms. The molecule has 1 heterocycles. The highest BCUT2D eigenvalue weighted by molar-refractivity contribution is 5.87. The molecule has 0 radical (unpaired) electrons. The van der Waals surface area contributed by atoms with Gasteiger partial charge in [-0.3, -0.25) is 9.59 Å². The van der Waals surface area contributed by atoms with Gasteiger partial charge in [0, 0.05) is 28.6 Å². The average molecular weight is 420 g/mol. The van der Waals surface area contributed by atoms with Crippen LogP contribution in [-0.2, 0) is 41.8 Å². The Bertz CT molecular complexity index is 1180. The van der Waals surface area contributed by atoms with E-state index in [0.717, 1.165) is 47.8 Å². The number of hydrogen-bond acceptors (Lipinski definition) is 2. The lowest BCUT2D eigenvalue weighted by molar-refractivity contribution is -0.137. The Kier molecular flexibility index (Phi) is 5.00. The molecule has 2 aliphatic carbocycles. The number of halogens is 1. The van der Waals surface area contributed by atoms with E-state index in [9.17, 15) is 19.1 Å². The zero-order chi connectivity index (χ0) is 21.5. The molecule has 0 saturated carbocycles. The molecule has 0 fully saturated rings. The molecule has 31 heavy (non-hydrogen) atoms. The lowest BCUT2D eigenvalue weighted by Crippen LogP contribution is -2.43. The van der Waals surface area contributed by atoms with Gasteiger partial charge in [0.1, 0.15) is 12.4 Å². The van der Waals surface area contributed by atoms with Crippen LogP contribution in [0.4, 0.5) is 4.39 Å². The summed E-state index contributed by atoms with van der Waals surface area (Å²) in [7, 11) is 0. The van der Waals surface area contributed by atoms with Crippen LogP contribution < -0.4 is 5.32 Å². The second kappa shape index (κ2) is 7.84. The van der Waals surface area contributed by atoms with Crippen LogP contribution in [0.1, 0.15) is 35.2 Å². The van der Waals surface area contributed by atoms with Crippen LogP contribution >= 0.6 is 0 Å². The number of fused-ring (bicyclic) bond motifs is 4.